The molecule has 2 heterocycles. The van der Waals surface area contributed by atoms with Crippen molar-refractivity contribution in [1.82, 2.24) is 14.6 Å². The fourth-order valence-corrected chi connectivity index (χ4v) is 2.88. The molecule has 2 aromatic heterocycles. The molecule has 0 fully saturated rings. The number of fused-ring (bicyclic) bond motifs is 1. The first-order valence-corrected chi connectivity index (χ1v) is 7.42. The maximum absolute atomic E-state index is 10.4. The molecule has 5 nitrogen and oxygen atoms in total. The van der Waals surface area contributed by atoms with Gasteiger partial charge in [0, 0.05) is 27.1 Å². The summed E-state index contributed by atoms with van der Waals surface area (Å²) >= 11 is 11.9. The van der Waals surface area contributed by atoms with Crippen LogP contribution in [0.1, 0.15) is 23.2 Å². The Hall–Kier alpha value is -1.82. The maximum Gasteiger partial charge on any atom is 0.163 e. The lowest BCUT2D eigenvalue weighted by atomic mass is 10.2. The largest absolute Gasteiger partial charge is 0.369 e. The average Bonchev–Trinajstić information content (AvgIpc) is 2.81. The second kappa shape index (κ2) is 5.76. The van der Waals surface area contributed by atoms with E-state index in [1.807, 2.05) is 19.9 Å². The summed E-state index contributed by atoms with van der Waals surface area (Å²) in [4.78, 5) is 4.44. The second-order valence-corrected chi connectivity index (χ2v) is 5.95. The standard InChI is InChI=1S/C15H14Cl2N4O/c1-8-3-9(2)21-14(19-8)13(7-18-21)15(22)20-12-5-10(16)4-11(17)6-12/h3-7,15,20,22H,1-2H3. The van der Waals surface area contributed by atoms with Gasteiger partial charge in [0.05, 0.1) is 11.8 Å². The van der Waals surface area contributed by atoms with Crippen LogP contribution in [0.5, 0.6) is 0 Å². The lowest BCUT2D eigenvalue weighted by molar-refractivity contribution is 0.209. The molecule has 0 bridgehead atoms. The molecule has 0 radical (unpaired) electrons. The number of anilines is 1. The van der Waals surface area contributed by atoms with Crippen LogP contribution in [0.25, 0.3) is 5.65 Å². The number of aliphatic hydroxyl groups is 1. The van der Waals surface area contributed by atoms with E-state index in [0.717, 1.165) is 11.4 Å². The summed E-state index contributed by atoms with van der Waals surface area (Å²) in [6, 6.07) is 6.93. The number of rotatable bonds is 3. The minimum absolute atomic E-state index is 0.492. The smallest absolute Gasteiger partial charge is 0.163 e. The molecule has 0 spiro atoms. The summed E-state index contributed by atoms with van der Waals surface area (Å²) in [7, 11) is 0. The van der Waals surface area contributed by atoms with Crippen molar-refractivity contribution in [2.75, 3.05) is 5.32 Å². The number of nitrogens with zero attached hydrogens (tertiary/aromatic N) is 3. The SMILES string of the molecule is Cc1cc(C)n2ncc(C(O)Nc3cc(Cl)cc(Cl)c3)c2n1. The van der Waals surface area contributed by atoms with Crippen molar-refractivity contribution >= 4 is 34.5 Å². The highest BCUT2D eigenvalue weighted by Crippen LogP contribution is 2.26. The zero-order valence-corrected chi connectivity index (χ0v) is 13.5. The lowest BCUT2D eigenvalue weighted by Gasteiger charge is -2.14. The van der Waals surface area contributed by atoms with Crippen LogP contribution in [-0.2, 0) is 0 Å². The van der Waals surface area contributed by atoms with Crippen LogP contribution in [0, 0.1) is 13.8 Å². The minimum atomic E-state index is -0.972. The highest BCUT2D eigenvalue weighted by Gasteiger charge is 2.16. The van der Waals surface area contributed by atoms with E-state index in [1.165, 1.54) is 0 Å². The van der Waals surface area contributed by atoms with E-state index in [2.05, 4.69) is 15.4 Å². The monoisotopic (exact) mass is 336 g/mol. The van der Waals surface area contributed by atoms with Gasteiger partial charge < -0.3 is 10.4 Å². The first kappa shape index (κ1) is 15.1. The molecule has 0 saturated carbocycles. The van der Waals surface area contributed by atoms with Crippen molar-refractivity contribution in [3.05, 3.63) is 57.5 Å². The molecule has 3 rings (SSSR count). The fourth-order valence-electron chi connectivity index (χ4n) is 2.35. The van der Waals surface area contributed by atoms with Crippen LogP contribution in [0.2, 0.25) is 10.0 Å². The highest BCUT2D eigenvalue weighted by molar-refractivity contribution is 6.35. The van der Waals surface area contributed by atoms with Gasteiger partial charge in [-0.25, -0.2) is 9.50 Å². The van der Waals surface area contributed by atoms with Crippen molar-refractivity contribution in [2.45, 2.75) is 20.1 Å². The number of aromatic nitrogens is 3. The molecule has 1 unspecified atom stereocenters. The molecular weight excluding hydrogens is 323 g/mol. The number of halogens is 2. The van der Waals surface area contributed by atoms with Gasteiger partial charge in [-0.3, -0.25) is 0 Å². The van der Waals surface area contributed by atoms with Gasteiger partial charge in [-0.2, -0.15) is 5.10 Å². The second-order valence-electron chi connectivity index (χ2n) is 5.08. The molecule has 22 heavy (non-hydrogen) atoms. The van der Waals surface area contributed by atoms with Crippen LogP contribution in [0.3, 0.4) is 0 Å². The zero-order chi connectivity index (χ0) is 15.9. The molecule has 0 aliphatic rings. The van der Waals surface area contributed by atoms with Gasteiger partial charge in [-0.05, 0) is 38.1 Å². The number of hydrogen-bond acceptors (Lipinski definition) is 4. The summed E-state index contributed by atoms with van der Waals surface area (Å²) < 4.78 is 1.69. The molecule has 1 aromatic carbocycles. The third-order valence-electron chi connectivity index (χ3n) is 3.27. The van der Waals surface area contributed by atoms with Crippen molar-refractivity contribution in [2.24, 2.45) is 0 Å². The van der Waals surface area contributed by atoms with Crippen molar-refractivity contribution in [3.63, 3.8) is 0 Å². The third-order valence-corrected chi connectivity index (χ3v) is 3.70. The van der Waals surface area contributed by atoms with Crippen LogP contribution < -0.4 is 5.32 Å². The zero-order valence-electron chi connectivity index (χ0n) is 12.0. The molecule has 1 atom stereocenters. The van der Waals surface area contributed by atoms with E-state index >= 15 is 0 Å². The number of benzene rings is 1. The van der Waals surface area contributed by atoms with Crippen LogP contribution in [0.15, 0.2) is 30.5 Å². The molecule has 7 heteroatoms. The van der Waals surface area contributed by atoms with E-state index in [4.69, 9.17) is 23.2 Å². The molecule has 0 amide bonds. The van der Waals surface area contributed by atoms with Gasteiger partial charge in [0.2, 0.25) is 0 Å². The van der Waals surface area contributed by atoms with E-state index in [1.54, 1.807) is 28.9 Å². The van der Waals surface area contributed by atoms with Gasteiger partial charge in [0.15, 0.2) is 11.9 Å². The Morgan fingerprint density at radius 3 is 2.50 bits per heavy atom. The number of aliphatic hydroxyl groups excluding tert-OH is 1. The van der Waals surface area contributed by atoms with Gasteiger partial charge in [0.1, 0.15) is 0 Å². The van der Waals surface area contributed by atoms with Crippen LogP contribution in [-0.4, -0.2) is 19.7 Å². The van der Waals surface area contributed by atoms with Gasteiger partial charge >= 0.3 is 0 Å². The van der Waals surface area contributed by atoms with Crippen molar-refractivity contribution in [3.8, 4) is 0 Å². The van der Waals surface area contributed by atoms with E-state index in [-0.39, 0.29) is 0 Å². The molecule has 114 valence electrons. The molecule has 0 aliphatic heterocycles. The summed E-state index contributed by atoms with van der Waals surface area (Å²) in [5.74, 6) is 0. The normalized spacial score (nSPS) is 12.6. The highest BCUT2D eigenvalue weighted by atomic mass is 35.5. The average molecular weight is 337 g/mol. The molecule has 3 aromatic rings. The van der Waals surface area contributed by atoms with Gasteiger partial charge in [-0.15, -0.1) is 0 Å². The Morgan fingerprint density at radius 2 is 1.82 bits per heavy atom. The van der Waals surface area contributed by atoms with Crippen molar-refractivity contribution in [1.29, 1.82) is 0 Å². The Bertz CT molecular complexity index is 827. The topological polar surface area (TPSA) is 62.5 Å². The molecular formula is C15H14Cl2N4O. The number of aryl methyl sites for hydroxylation is 2. The quantitative estimate of drug-likeness (QED) is 0.715. The van der Waals surface area contributed by atoms with Crippen LogP contribution in [0.4, 0.5) is 5.69 Å². The first-order valence-electron chi connectivity index (χ1n) is 6.66. The molecule has 0 saturated heterocycles. The minimum Gasteiger partial charge on any atom is -0.369 e. The van der Waals surface area contributed by atoms with Crippen LogP contribution >= 0.6 is 23.2 Å². The fraction of sp³-hybridized carbons (Fsp3) is 0.200. The molecule has 0 aliphatic carbocycles. The van der Waals surface area contributed by atoms with E-state index < -0.39 is 6.23 Å². The van der Waals surface area contributed by atoms with Gasteiger partial charge in [0.25, 0.3) is 0 Å². The summed E-state index contributed by atoms with van der Waals surface area (Å²) in [6.45, 7) is 3.84. The molecule has 2 N–H and O–H groups in total. The van der Waals surface area contributed by atoms with Gasteiger partial charge in [-0.1, -0.05) is 23.2 Å². The number of nitrogens with one attached hydrogen (secondary N) is 1. The third kappa shape index (κ3) is 2.88. The summed E-state index contributed by atoms with van der Waals surface area (Å²) in [6.07, 6.45) is 0.624. The summed E-state index contributed by atoms with van der Waals surface area (Å²) in [5, 5.41) is 18.6. The predicted octanol–water partition coefficient (Wildman–Crippen LogP) is 3.76. The lowest BCUT2D eigenvalue weighted by Crippen LogP contribution is -2.10. The Kier molecular flexibility index (Phi) is 3.95. The Morgan fingerprint density at radius 1 is 1.14 bits per heavy atom. The first-order chi connectivity index (χ1) is 10.4. The predicted molar refractivity (Wildman–Crippen MR) is 87.5 cm³/mol. The van der Waals surface area contributed by atoms with E-state index in [0.29, 0.717) is 26.9 Å². The van der Waals surface area contributed by atoms with Crippen molar-refractivity contribution < 1.29 is 5.11 Å². The number of hydrogen-bond donors (Lipinski definition) is 2. The Balaban J connectivity index is 1.97. The maximum atomic E-state index is 10.4. The Labute approximate surface area is 137 Å². The van der Waals surface area contributed by atoms with E-state index in [9.17, 15) is 5.11 Å². The summed E-state index contributed by atoms with van der Waals surface area (Å²) in [5.41, 5.74) is 3.64.